The zero-order valence-corrected chi connectivity index (χ0v) is 11.6. The summed E-state index contributed by atoms with van der Waals surface area (Å²) in [7, 11) is 2.04. The highest BCUT2D eigenvalue weighted by atomic mass is 79.9. The van der Waals surface area contributed by atoms with Gasteiger partial charge in [-0.25, -0.2) is 0 Å². The van der Waals surface area contributed by atoms with Crippen molar-refractivity contribution < 1.29 is 0 Å². The summed E-state index contributed by atoms with van der Waals surface area (Å²) in [5.74, 6) is 0.652. The molecule has 0 aliphatic heterocycles. The molecule has 0 spiro atoms. The van der Waals surface area contributed by atoms with Crippen LogP contribution in [0.25, 0.3) is 0 Å². The first kappa shape index (κ1) is 12.1. The van der Waals surface area contributed by atoms with E-state index in [-0.39, 0.29) is 0 Å². The highest BCUT2D eigenvalue weighted by Gasteiger charge is 2.26. The number of rotatable bonds is 3. The fraction of sp³-hybridized carbons (Fsp3) is 0.750. The Labute approximate surface area is 106 Å². The highest BCUT2D eigenvalue weighted by Crippen LogP contribution is 2.36. The molecular formula is C12H20BrN3. The van der Waals surface area contributed by atoms with Crippen LogP contribution in [0.1, 0.15) is 44.2 Å². The molecule has 2 unspecified atom stereocenters. The van der Waals surface area contributed by atoms with Crippen molar-refractivity contribution in [1.82, 2.24) is 15.1 Å². The fourth-order valence-electron chi connectivity index (χ4n) is 2.79. The van der Waals surface area contributed by atoms with E-state index in [1.165, 1.54) is 31.4 Å². The standard InChI is InChI=1S/C12H20BrN3/c1-3-14-10-6-4-5-9(7-10)12-11(13)8-15-16(12)2/h8-10,14H,3-7H2,1-2H3. The Bertz CT molecular complexity index is 327. The first-order chi connectivity index (χ1) is 7.72. The summed E-state index contributed by atoms with van der Waals surface area (Å²) in [6.45, 7) is 3.26. The second-order valence-corrected chi connectivity index (χ2v) is 5.47. The van der Waals surface area contributed by atoms with Gasteiger partial charge in [0.25, 0.3) is 0 Å². The molecule has 1 aliphatic carbocycles. The van der Waals surface area contributed by atoms with E-state index >= 15 is 0 Å². The van der Waals surface area contributed by atoms with E-state index < -0.39 is 0 Å². The Morgan fingerprint density at radius 1 is 1.56 bits per heavy atom. The Kier molecular flexibility index (Phi) is 4.03. The van der Waals surface area contributed by atoms with Gasteiger partial charge in [0.1, 0.15) is 0 Å². The predicted octanol–water partition coefficient (Wildman–Crippen LogP) is 2.82. The van der Waals surface area contributed by atoms with Crippen LogP contribution in [0, 0.1) is 0 Å². The molecule has 2 rings (SSSR count). The number of nitrogens with one attached hydrogen (secondary N) is 1. The van der Waals surface area contributed by atoms with Gasteiger partial charge in [-0.15, -0.1) is 0 Å². The van der Waals surface area contributed by atoms with E-state index in [9.17, 15) is 0 Å². The first-order valence-electron chi connectivity index (χ1n) is 6.13. The lowest BCUT2D eigenvalue weighted by molar-refractivity contribution is 0.334. The van der Waals surface area contributed by atoms with Gasteiger partial charge in [-0.3, -0.25) is 4.68 Å². The highest BCUT2D eigenvalue weighted by molar-refractivity contribution is 9.10. The normalized spacial score (nSPS) is 25.9. The molecule has 0 aromatic carbocycles. The lowest BCUT2D eigenvalue weighted by Crippen LogP contribution is -2.33. The molecule has 1 N–H and O–H groups in total. The molecule has 1 aromatic rings. The van der Waals surface area contributed by atoms with Crippen LogP contribution >= 0.6 is 15.9 Å². The molecule has 1 aliphatic rings. The first-order valence-corrected chi connectivity index (χ1v) is 6.92. The Hall–Kier alpha value is -0.350. The minimum atomic E-state index is 0.652. The monoisotopic (exact) mass is 285 g/mol. The van der Waals surface area contributed by atoms with Gasteiger partial charge >= 0.3 is 0 Å². The molecule has 2 atom stereocenters. The smallest absolute Gasteiger partial charge is 0.0635 e. The molecule has 0 radical (unpaired) electrons. The zero-order valence-electron chi connectivity index (χ0n) is 10.0. The molecule has 1 aromatic heterocycles. The summed E-state index contributed by atoms with van der Waals surface area (Å²) in [5, 5.41) is 7.88. The molecule has 4 heteroatoms. The maximum absolute atomic E-state index is 4.31. The van der Waals surface area contributed by atoms with Gasteiger partial charge in [-0.2, -0.15) is 5.10 Å². The molecule has 3 nitrogen and oxygen atoms in total. The Morgan fingerprint density at radius 3 is 3.00 bits per heavy atom. The van der Waals surface area contributed by atoms with Crippen LogP contribution in [0.15, 0.2) is 10.7 Å². The third-order valence-corrected chi connectivity index (χ3v) is 4.10. The molecule has 1 saturated carbocycles. The van der Waals surface area contributed by atoms with E-state index in [0.29, 0.717) is 12.0 Å². The van der Waals surface area contributed by atoms with Crippen LogP contribution in [0.4, 0.5) is 0 Å². The van der Waals surface area contributed by atoms with E-state index in [1.807, 2.05) is 17.9 Å². The number of hydrogen-bond donors (Lipinski definition) is 1. The Balaban J connectivity index is 2.09. The second-order valence-electron chi connectivity index (χ2n) is 4.62. The maximum atomic E-state index is 4.31. The van der Waals surface area contributed by atoms with E-state index in [2.05, 4.69) is 33.3 Å². The largest absolute Gasteiger partial charge is 0.314 e. The average molecular weight is 286 g/mol. The van der Waals surface area contributed by atoms with Crippen molar-refractivity contribution in [3.8, 4) is 0 Å². The van der Waals surface area contributed by atoms with Crippen LogP contribution in [0.3, 0.4) is 0 Å². The van der Waals surface area contributed by atoms with Gasteiger partial charge in [0.2, 0.25) is 0 Å². The number of nitrogens with zero attached hydrogens (tertiary/aromatic N) is 2. The molecule has 0 saturated heterocycles. The predicted molar refractivity (Wildman–Crippen MR) is 69.6 cm³/mol. The zero-order chi connectivity index (χ0) is 11.5. The molecule has 0 bridgehead atoms. The minimum Gasteiger partial charge on any atom is -0.314 e. The SMILES string of the molecule is CCNC1CCCC(c2c(Br)cnn2C)C1. The Morgan fingerprint density at radius 2 is 2.38 bits per heavy atom. The van der Waals surface area contributed by atoms with Crippen LogP contribution < -0.4 is 5.32 Å². The van der Waals surface area contributed by atoms with Crippen LogP contribution in [0.5, 0.6) is 0 Å². The number of halogens is 1. The summed E-state index contributed by atoms with van der Waals surface area (Å²) in [6, 6.07) is 0.686. The summed E-state index contributed by atoms with van der Waals surface area (Å²) in [6.07, 6.45) is 7.08. The third-order valence-electron chi connectivity index (χ3n) is 3.49. The summed E-state index contributed by atoms with van der Waals surface area (Å²) >= 11 is 3.61. The quantitative estimate of drug-likeness (QED) is 0.926. The average Bonchev–Trinajstić information content (AvgIpc) is 2.59. The molecule has 16 heavy (non-hydrogen) atoms. The van der Waals surface area contributed by atoms with Gasteiger partial charge in [-0.1, -0.05) is 13.3 Å². The maximum Gasteiger partial charge on any atom is 0.0635 e. The van der Waals surface area contributed by atoms with Crippen molar-refractivity contribution in [1.29, 1.82) is 0 Å². The van der Waals surface area contributed by atoms with Gasteiger partial charge < -0.3 is 5.32 Å². The number of aryl methyl sites for hydroxylation is 1. The second kappa shape index (κ2) is 5.32. The van der Waals surface area contributed by atoms with Crippen molar-refractivity contribution in [3.05, 3.63) is 16.4 Å². The van der Waals surface area contributed by atoms with Crippen molar-refractivity contribution in [2.45, 2.75) is 44.6 Å². The van der Waals surface area contributed by atoms with Crippen molar-refractivity contribution in [2.75, 3.05) is 6.54 Å². The van der Waals surface area contributed by atoms with E-state index in [0.717, 1.165) is 11.0 Å². The third kappa shape index (κ3) is 2.48. The summed E-state index contributed by atoms with van der Waals surface area (Å²) in [4.78, 5) is 0. The topological polar surface area (TPSA) is 29.9 Å². The van der Waals surface area contributed by atoms with Gasteiger partial charge in [0, 0.05) is 19.0 Å². The molecule has 1 heterocycles. The number of aromatic nitrogens is 2. The fourth-order valence-corrected chi connectivity index (χ4v) is 3.46. The van der Waals surface area contributed by atoms with Crippen molar-refractivity contribution >= 4 is 15.9 Å². The summed E-state index contributed by atoms with van der Waals surface area (Å²) < 4.78 is 3.18. The van der Waals surface area contributed by atoms with Gasteiger partial charge in [0.05, 0.1) is 16.4 Å². The molecular weight excluding hydrogens is 266 g/mol. The molecule has 0 amide bonds. The lowest BCUT2D eigenvalue weighted by atomic mass is 9.83. The van der Waals surface area contributed by atoms with Crippen LogP contribution in [-0.2, 0) is 7.05 Å². The van der Waals surface area contributed by atoms with Gasteiger partial charge in [0.15, 0.2) is 0 Å². The van der Waals surface area contributed by atoms with Crippen molar-refractivity contribution in [3.63, 3.8) is 0 Å². The van der Waals surface area contributed by atoms with Crippen LogP contribution in [0.2, 0.25) is 0 Å². The van der Waals surface area contributed by atoms with E-state index in [4.69, 9.17) is 0 Å². The van der Waals surface area contributed by atoms with Crippen molar-refractivity contribution in [2.24, 2.45) is 7.05 Å². The minimum absolute atomic E-state index is 0.652. The van der Waals surface area contributed by atoms with E-state index in [1.54, 1.807) is 0 Å². The lowest BCUT2D eigenvalue weighted by Gasteiger charge is -2.30. The summed E-state index contributed by atoms with van der Waals surface area (Å²) in [5.41, 5.74) is 1.36. The van der Waals surface area contributed by atoms with Crippen LogP contribution in [-0.4, -0.2) is 22.4 Å². The van der Waals surface area contributed by atoms with Gasteiger partial charge in [-0.05, 0) is 41.7 Å². The number of hydrogen-bond acceptors (Lipinski definition) is 2. The molecule has 1 fully saturated rings. The molecule has 90 valence electrons.